The van der Waals surface area contributed by atoms with Crippen molar-refractivity contribution < 1.29 is 14.7 Å². The Bertz CT molecular complexity index is 670. The molecule has 0 bridgehead atoms. The van der Waals surface area contributed by atoms with E-state index >= 15 is 0 Å². The summed E-state index contributed by atoms with van der Waals surface area (Å²) < 4.78 is 0. The molecule has 0 radical (unpaired) electrons. The molecule has 2 aromatic rings. The van der Waals surface area contributed by atoms with Gasteiger partial charge < -0.3 is 10.0 Å². The highest BCUT2D eigenvalue weighted by Gasteiger charge is 2.25. The maximum absolute atomic E-state index is 12.6. The quantitative estimate of drug-likeness (QED) is 0.882. The fraction of sp³-hybridized carbons (Fsp3) is 0.222. The third-order valence-corrected chi connectivity index (χ3v) is 3.86. The number of hydrogen-bond donors (Lipinski definition) is 1. The first-order valence-corrected chi connectivity index (χ1v) is 7.66. The van der Waals surface area contributed by atoms with Gasteiger partial charge in [0.1, 0.15) is 6.04 Å². The molecule has 23 heavy (non-hydrogen) atoms. The van der Waals surface area contributed by atoms with Gasteiger partial charge in [0, 0.05) is 11.6 Å². The van der Waals surface area contributed by atoms with Gasteiger partial charge in [-0.2, -0.15) is 0 Å². The molecule has 0 saturated carbocycles. The first-order chi connectivity index (χ1) is 11.0. The van der Waals surface area contributed by atoms with Gasteiger partial charge >= 0.3 is 5.97 Å². The molecular weight excluding hydrogens is 314 g/mol. The molecule has 1 N–H and O–H groups in total. The number of benzene rings is 2. The molecule has 0 fully saturated rings. The van der Waals surface area contributed by atoms with Crippen molar-refractivity contribution in [3.8, 4) is 0 Å². The Morgan fingerprint density at radius 2 is 1.65 bits per heavy atom. The number of halogens is 1. The van der Waals surface area contributed by atoms with E-state index in [4.69, 9.17) is 11.6 Å². The van der Waals surface area contributed by atoms with Gasteiger partial charge in [-0.25, -0.2) is 4.79 Å². The highest BCUT2D eigenvalue weighted by molar-refractivity contribution is 6.30. The van der Waals surface area contributed by atoms with E-state index in [1.165, 1.54) is 11.8 Å². The minimum atomic E-state index is -1.02. The molecule has 0 aliphatic heterocycles. The van der Waals surface area contributed by atoms with Crippen molar-refractivity contribution in [3.05, 3.63) is 70.7 Å². The van der Waals surface area contributed by atoms with Crippen molar-refractivity contribution in [2.75, 3.05) is 0 Å². The molecule has 4 nitrogen and oxygen atoms in total. The van der Waals surface area contributed by atoms with Crippen molar-refractivity contribution in [2.45, 2.75) is 25.9 Å². The predicted octanol–water partition coefficient (Wildman–Crippen LogP) is 3.38. The SMILES string of the molecule is CC(C(=O)O)N(Cc1ccccc1)C(=O)Cc1ccc(Cl)cc1. The van der Waals surface area contributed by atoms with E-state index in [1.807, 2.05) is 30.3 Å². The number of carbonyl (C=O) groups is 2. The minimum absolute atomic E-state index is 0.140. The molecule has 1 amide bonds. The Morgan fingerprint density at radius 3 is 2.22 bits per heavy atom. The third kappa shape index (κ3) is 4.83. The average molecular weight is 332 g/mol. The summed E-state index contributed by atoms with van der Waals surface area (Å²) >= 11 is 5.84. The lowest BCUT2D eigenvalue weighted by atomic mass is 10.1. The molecule has 5 heteroatoms. The van der Waals surface area contributed by atoms with Crippen LogP contribution >= 0.6 is 11.6 Å². The zero-order chi connectivity index (χ0) is 16.8. The highest BCUT2D eigenvalue weighted by atomic mass is 35.5. The lowest BCUT2D eigenvalue weighted by Crippen LogP contribution is -2.43. The molecule has 1 atom stereocenters. The minimum Gasteiger partial charge on any atom is -0.480 e. The molecule has 0 aromatic heterocycles. The summed E-state index contributed by atoms with van der Waals surface area (Å²) in [5, 5.41) is 9.87. The fourth-order valence-electron chi connectivity index (χ4n) is 2.23. The Labute approximate surface area is 140 Å². The van der Waals surface area contributed by atoms with Gasteiger partial charge in [0.2, 0.25) is 5.91 Å². The Hall–Kier alpha value is -2.33. The van der Waals surface area contributed by atoms with Crippen LogP contribution in [0.25, 0.3) is 0 Å². The normalized spacial score (nSPS) is 11.7. The molecule has 120 valence electrons. The lowest BCUT2D eigenvalue weighted by molar-refractivity contribution is -0.149. The predicted molar refractivity (Wildman–Crippen MR) is 89.2 cm³/mol. The van der Waals surface area contributed by atoms with Crippen LogP contribution in [-0.2, 0) is 22.6 Å². The topological polar surface area (TPSA) is 57.6 Å². The third-order valence-electron chi connectivity index (χ3n) is 3.61. The molecule has 0 aliphatic rings. The van der Waals surface area contributed by atoms with Crippen LogP contribution in [0.4, 0.5) is 0 Å². The maximum atomic E-state index is 12.6. The summed E-state index contributed by atoms with van der Waals surface area (Å²) in [6, 6.07) is 15.4. The van der Waals surface area contributed by atoms with E-state index in [2.05, 4.69) is 0 Å². The number of carbonyl (C=O) groups excluding carboxylic acids is 1. The zero-order valence-corrected chi connectivity index (χ0v) is 13.5. The van der Waals surface area contributed by atoms with E-state index < -0.39 is 12.0 Å². The fourth-order valence-corrected chi connectivity index (χ4v) is 2.36. The molecule has 0 heterocycles. The number of nitrogens with zero attached hydrogens (tertiary/aromatic N) is 1. The highest BCUT2D eigenvalue weighted by Crippen LogP contribution is 2.14. The van der Waals surface area contributed by atoms with E-state index in [9.17, 15) is 14.7 Å². The summed E-state index contributed by atoms with van der Waals surface area (Å²) in [6.07, 6.45) is 0.140. The van der Waals surface area contributed by atoms with Crippen LogP contribution in [-0.4, -0.2) is 27.9 Å². The lowest BCUT2D eigenvalue weighted by Gasteiger charge is -2.27. The zero-order valence-electron chi connectivity index (χ0n) is 12.8. The number of carboxylic acid groups (broad SMARTS) is 1. The maximum Gasteiger partial charge on any atom is 0.326 e. The second-order valence-electron chi connectivity index (χ2n) is 5.32. The number of amides is 1. The van der Waals surface area contributed by atoms with Crippen molar-refractivity contribution in [2.24, 2.45) is 0 Å². The summed E-state index contributed by atoms with van der Waals surface area (Å²) in [6.45, 7) is 1.78. The number of hydrogen-bond acceptors (Lipinski definition) is 2. The second kappa shape index (κ2) is 7.79. The number of carboxylic acids is 1. The second-order valence-corrected chi connectivity index (χ2v) is 5.76. The average Bonchev–Trinajstić information content (AvgIpc) is 2.55. The smallest absolute Gasteiger partial charge is 0.326 e. The van der Waals surface area contributed by atoms with Crippen LogP contribution in [0.1, 0.15) is 18.1 Å². The molecule has 2 rings (SSSR count). The number of aliphatic carboxylic acids is 1. The van der Waals surface area contributed by atoms with Crippen LogP contribution < -0.4 is 0 Å². The van der Waals surface area contributed by atoms with Gasteiger partial charge in [0.15, 0.2) is 0 Å². The van der Waals surface area contributed by atoms with Crippen molar-refractivity contribution >= 4 is 23.5 Å². The van der Waals surface area contributed by atoms with E-state index in [0.29, 0.717) is 5.02 Å². The molecule has 0 saturated heterocycles. The Kier molecular flexibility index (Phi) is 5.77. The standard InChI is InChI=1S/C18H18ClNO3/c1-13(18(22)23)20(12-15-5-3-2-4-6-15)17(21)11-14-7-9-16(19)10-8-14/h2-10,13H,11-12H2,1H3,(H,22,23). The molecule has 1 unspecified atom stereocenters. The van der Waals surface area contributed by atoms with E-state index in [1.54, 1.807) is 24.3 Å². The van der Waals surface area contributed by atoms with Crippen LogP contribution in [0.3, 0.4) is 0 Å². The van der Waals surface area contributed by atoms with Crippen molar-refractivity contribution in [1.29, 1.82) is 0 Å². The number of rotatable bonds is 6. The van der Waals surface area contributed by atoms with Gasteiger partial charge in [0.25, 0.3) is 0 Å². The van der Waals surface area contributed by atoms with E-state index in [-0.39, 0.29) is 18.9 Å². The molecule has 0 spiro atoms. The van der Waals surface area contributed by atoms with Crippen LogP contribution in [0.2, 0.25) is 5.02 Å². The molecule has 0 aliphatic carbocycles. The van der Waals surface area contributed by atoms with Crippen molar-refractivity contribution in [3.63, 3.8) is 0 Å². The first-order valence-electron chi connectivity index (χ1n) is 7.28. The summed E-state index contributed by atoms with van der Waals surface area (Å²) in [4.78, 5) is 25.3. The van der Waals surface area contributed by atoms with Crippen LogP contribution in [0.15, 0.2) is 54.6 Å². The van der Waals surface area contributed by atoms with Gasteiger partial charge in [0.05, 0.1) is 6.42 Å². The Morgan fingerprint density at radius 1 is 1.04 bits per heavy atom. The van der Waals surface area contributed by atoms with Crippen LogP contribution in [0, 0.1) is 0 Å². The van der Waals surface area contributed by atoms with E-state index in [0.717, 1.165) is 11.1 Å². The molecule has 2 aromatic carbocycles. The van der Waals surface area contributed by atoms with Gasteiger partial charge in [-0.05, 0) is 30.2 Å². The van der Waals surface area contributed by atoms with Crippen LogP contribution in [0.5, 0.6) is 0 Å². The summed E-state index contributed by atoms with van der Waals surface area (Å²) in [7, 11) is 0. The monoisotopic (exact) mass is 331 g/mol. The van der Waals surface area contributed by atoms with Gasteiger partial charge in [-0.3, -0.25) is 4.79 Å². The van der Waals surface area contributed by atoms with Gasteiger partial charge in [-0.15, -0.1) is 0 Å². The first kappa shape index (κ1) is 17.0. The van der Waals surface area contributed by atoms with Crippen molar-refractivity contribution in [1.82, 2.24) is 4.90 Å². The summed E-state index contributed by atoms with van der Waals surface area (Å²) in [5.41, 5.74) is 1.69. The molecular formula is C18H18ClNO3. The largest absolute Gasteiger partial charge is 0.480 e. The summed E-state index contributed by atoms with van der Waals surface area (Å²) in [5.74, 6) is -1.25. The Balaban J connectivity index is 2.16. The van der Waals surface area contributed by atoms with Gasteiger partial charge in [-0.1, -0.05) is 54.1 Å².